The number of ketones is 1. The summed E-state index contributed by atoms with van der Waals surface area (Å²) >= 11 is 0. The molecule has 3 rings (SSSR count). The van der Waals surface area contributed by atoms with Crippen LogP contribution in [-0.2, 0) is 4.79 Å². The van der Waals surface area contributed by atoms with Crippen molar-refractivity contribution in [3.8, 4) is 11.5 Å². The molecule has 0 spiro atoms. The fourth-order valence-electron chi connectivity index (χ4n) is 2.90. The van der Waals surface area contributed by atoms with Gasteiger partial charge in [0.05, 0.1) is 19.9 Å². The largest absolute Gasteiger partial charge is 0.493 e. The van der Waals surface area contributed by atoms with Crippen molar-refractivity contribution in [1.82, 2.24) is 5.43 Å². The van der Waals surface area contributed by atoms with Crippen molar-refractivity contribution >= 4 is 28.4 Å². The van der Waals surface area contributed by atoms with Crippen LogP contribution >= 0.6 is 0 Å². The van der Waals surface area contributed by atoms with Gasteiger partial charge in [0.25, 0.3) is 0 Å². The number of hydrogen-bond acceptors (Lipinski definition) is 6. The highest BCUT2D eigenvalue weighted by Gasteiger charge is 2.13. The number of rotatable bonds is 8. The summed E-state index contributed by atoms with van der Waals surface area (Å²) < 4.78 is 15.8. The lowest BCUT2D eigenvalue weighted by molar-refractivity contribution is -0.121. The summed E-state index contributed by atoms with van der Waals surface area (Å²) in [4.78, 5) is 24.5. The van der Waals surface area contributed by atoms with Gasteiger partial charge >= 0.3 is 0 Å². The molecular formula is C22H22N2O5. The van der Waals surface area contributed by atoms with E-state index in [4.69, 9.17) is 13.9 Å². The van der Waals surface area contributed by atoms with Gasteiger partial charge in [0.2, 0.25) is 5.91 Å². The fraction of sp³-hybridized carbons (Fsp3) is 0.227. The number of amides is 1. The quantitative estimate of drug-likeness (QED) is 0.355. The van der Waals surface area contributed by atoms with Crippen LogP contribution in [0.3, 0.4) is 0 Å². The highest BCUT2D eigenvalue weighted by atomic mass is 16.5. The normalized spacial score (nSPS) is 11.3. The maximum Gasteiger partial charge on any atom is 0.240 e. The van der Waals surface area contributed by atoms with Gasteiger partial charge in [0.1, 0.15) is 11.8 Å². The summed E-state index contributed by atoms with van der Waals surface area (Å²) in [5.41, 5.74) is 5.13. The van der Waals surface area contributed by atoms with Crippen LogP contribution in [0.5, 0.6) is 11.5 Å². The molecule has 7 heteroatoms. The van der Waals surface area contributed by atoms with Crippen LogP contribution in [0.1, 0.15) is 35.7 Å². The van der Waals surface area contributed by atoms with Crippen LogP contribution in [-0.4, -0.2) is 31.6 Å². The van der Waals surface area contributed by atoms with Crippen molar-refractivity contribution in [2.45, 2.75) is 19.8 Å². The number of ether oxygens (including phenoxy) is 2. The Hall–Kier alpha value is -3.61. The van der Waals surface area contributed by atoms with Gasteiger partial charge in [-0.1, -0.05) is 18.2 Å². The van der Waals surface area contributed by atoms with E-state index in [0.29, 0.717) is 22.8 Å². The van der Waals surface area contributed by atoms with E-state index in [9.17, 15) is 9.59 Å². The number of nitrogens with one attached hydrogen (secondary N) is 1. The van der Waals surface area contributed by atoms with Gasteiger partial charge in [-0.2, -0.15) is 5.10 Å². The summed E-state index contributed by atoms with van der Waals surface area (Å²) in [5, 5.41) is 5.05. The minimum atomic E-state index is -0.342. The Morgan fingerprint density at radius 3 is 2.55 bits per heavy atom. The Balaban J connectivity index is 1.58. The number of benzene rings is 2. The van der Waals surface area contributed by atoms with Crippen molar-refractivity contribution in [2.75, 3.05) is 14.2 Å². The predicted octanol–water partition coefficient (Wildman–Crippen LogP) is 3.95. The van der Waals surface area contributed by atoms with Crippen molar-refractivity contribution in [3.05, 3.63) is 59.9 Å². The second kappa shape index (κ2) is 9.05. The molecular weight excluding hydrogens is 372 g/mol. The molecule has 0 saturated carbocycles. The summed E-state index contributed by atoms with van der Waals surface area (Å²) in [5.74, 6) is 0.502. The molecule has 0 bridgehead atoms. The highest BCUT2D eigenvalue weighted by Crippen LogP contribution is 2.28. The van der Waals surface area contributed by atoms with E-state index in [1.807, 2.05) is 24.3 Å². The number of carbonyl (C=O) groups excluding carboxylic acids is 2. The molecule has 1 heterocycles. The first-order valence-corrected chi connectivity index (χ1v) is 9.08. The van der Waals surface area contributed by atoms with Crippen LogP contribution in [0.4, 0.5) is 0 Å². The zero-order valence-corrected chi connectivity index (χ0v) is 16.5. The number of hydrazone groups is 1. The van der Waals surface area contributed by atoms with Gasteiger partial charge in [-0.3, -0.25) is 9.59 Å². The molecule has 0 fully saturated rings. The topological polar surface area (TPSA) is 90.1 Å². The Labute approximate surface area is 168 Å². The van der Waals surface area contributed by atoms with Gasteiger partial charge in [-0.05, 0) is 31.2 Å². The molecule has 150 valence electrons. The lowest BCUT2D eigenvalue weighted by Crippen LogP contribution is -2.20. The van der Waals surface area contributed by atoms with Crippen LogP contribution in [0, 0.1) is 0 Å². The number of Topliss-reactive ketones (excluding diaryl/α,β-unsaturated/α-hetero) is 1. The number of methoxy groups -OCH3 is 2. The van der Waals surface area contributed by atoms with Crippen LogP contribution in [0.15, 0.2) is 58.2 Å². The monoisotopic (exact) mass is 394 g/mol. The molecule has 2 aromatic carbocycles. The Morgan fingerprint density at radius 2 is 1.79 bits per heavy atom. The van der Waals surface area contributed by atoms with E-state index in [1.165, 1.54) is 14.2 Å². The molecule has 7 nitrogen and oxygen atoms in total. The maximum absolute atomic E-state index is 12.4. The maximum atomic E-state index is 12.4. The molecule has 0 aliphatic heterocycles. The van der Waals surface area contributed by atoms with Gasteiger partial charge < -0.3 is 13.9 Å². The first kappa shape index (κ1) is 20.1. The van der Waals surface area contributed by atoms with E-state index < -0.39 is 0 Å². The summed E-state index contributed by atoms with van der Waals surface area (Å²) in [6.45, 7) is 1.78. The number of fused-ring (bicyclic) bond motifs is 1. The van der Waals surface area contributed by atoms with Crippen LogP contribution in [0.2, 0.25) is 0 Å². The molecule has 0 radical (unpaired) electrons. The zero-order valence-electron chi connectivity index (χ0n) is 16.5. The third kappa shape index (κ3) is 4.63. The van der Waals surface area contributed by atoms with Gasteiger partial charge in [0, 0.05) is 29.4 Å². The number of para-hydroxylation sites is 1. The molecule has 1 N–H and O–H groups in total. The molecule has 0 atom stereocenters. The standard InChI is InChI=1S/C22H22N2O5/c1-14(17-13-29-19-7-5-4-6-16(17)19)23-24-22(26)11-9-18(25)15-8-10-20(27-2)21(12-15)28-3/h4-8,10,12-13H,9,11H2,1-3H3,(H,24,26)/b23-14+. The average molecular weight is 394 g/mol. The molecule has 3 aromatic rings. The first-order valence-electron chi connectivity index (χ1n) is 9.08. The van der Waals surface area contributed by atoms with Gasteiger partial charge in [-0.25, -0.2) is 5.43 Å². The number of hydrogen-bond donors (Lipinski definition) is 1. The SMILES string of the molecule is COc1ccc(C(=O)CCC(=O)N/N=C(\C)c2coc3ccccc23)cc1OC. The van der Waals surface area contributed by atoms with Crippen molar-refractivity contribution in [2.24, 2.45) is 5.10 Å². The molecule has 0 aliphatic rings. The van der Waals surface area contributed by atoms with Crippen molar-refractivity contribution in [1.29, 1.82) is 0 Å². The average Bonchev–Trinajstić information content (AvgIpc) is 3.19. The predicted molar refractivity (Wildman–Crippen MR) is 110 cm³/mol. The number of carbonyl (C=O) groups is 2. The third-order valence-corrected chi connectivity index (χ3v) is 4.50. The summed E-state index contributed by atoms with van der Waals surface area (Å²) in [6.07, 6.45) is 1.69. The fourth-order valence-corrected chi connectivity index (χ4v) is 2.90. The molecule has 0 unspecified atom stereocenters. The van der Waals surface area contributed by atoms with E-state index >= 15 is 0 Å². The molecule has 29 heavy (non-hydrogen) atoms. The molecule has 1 aromatic heterocycles. The van der Waals surface area contributed by atoms with Crippen molar-refractivity contribution < 1.29 is 23.5 Å². The van der Waals surface area contributed by atoms with Crippen LogP contribution < -0.4 is 14.9 Å². The van der Waals surface area contributed by atoms with Gasteiger partial charge in [0.15, 0.2) is 17.3 Å². The zero-order chi connectivity index (χ0) is 20.8. The van der Waals surface area contributed by atoms with E-state index in [-0.39, 0.29) is 24.5 Å². The highest BCUT2D eigenvalue weighted by molar-refractivity contribution is 6.09. The summed E-state index contributed by atoms with van der Waals surface area (Å²) in [7, 11) is 3.03. The second-order valence-electron chi connectivity index (χ2n) is 6.37. The minimum absolute atomic E-state index is 0.0239. The van der Waals surface area contributed by atoms with Crippen LogP contribution in [0.25, 0.3) is 11.0 Å². The molecule has 0 saturated heterocycles. The third-order valence-electron chi connectivity index (χ3n) is 4.50. The Bertz CT molecular complexity index is 1070. The van der Waals surface area contributed by atoms with E-state index in [0.717, 1.165) is 16.5 Å². The second-order valence-corrected chi connectivity index (χ2v) is 6.37. The number of nitrogens with zero attached hydrogens (tertiary/aromatic N) is 1. The lowest BCUT2D eigenvalue weighted by Gasteiger charge is -2.09. The lowest BCUT2D eigenvalue weighted by atomic mass is 10.1. The summed E-state index contributed by atoms with van der Waals surface area (Å²) in [6, 6.07) is 12.5. The molecule has 1 amide bonds. The Kier molecular flexibility index (Phi) is 6.29. The smallest absolute Gasteiger partial charge is 0.240 e. The van der Waals surface area contributed by atoms with E-state index in [2.05, 4.69) is 10.5 Å². The Morgan fingerprint density at radius 1 is 1.03 bits per heavy atom. The van der Waals surface area contributed by atoms with Crippen molar-refractivity contribution in [3.63, 3.8) is 0 Å². The minimum Gasteiger partial charge on any atom is -0.493 e. The first-order chi connectivity index (χ1) is 14.0. The van der Waals surface area contributed by atoms with E-state index in [1.54, 1.807) is 31.4 Å². The number of furan rings is 1. The molecule has 0 aliphatic carbocycles. The van der Waals surface area contributed by atoms with Gasteiger partial charge in [-0.15, -0.1) is 0 Å².